The van der Waals surface area contributed by atoms with E-state index < -0.39 is 0 Å². The summed E-state index contributed by atoms with van der Waals surface area (Å²) in [7, 11) is 0. The van der Waals surface area contributed by atoms with Gasteiger partial charge in [0, 0.05) is 0 Å². The first-order chi connectivity index (χ1) is 3.85. The maximum atomic E-state index is 5.03. The fourth-order valence-electron chi connectivity index (χ4n) is 0.351. The lowest BCUT2D eigenvalue weighted by Crippen LogP contribution is -2.33. The predicted molar refractivity (Wildman–Crippen MR) is 34.8 cm³/mol. The van der Waals surface area contributed by atoms with Gasteiger partial charge in [0.2, 0.25) is 0 Å². The number of terminal acetylenes is 1. The second-order valence-corrected chi connectivity index (χ2v) is 1.41. The molecule has 2 heteroatoms. The Morgan fingerprint density at radius 3 is 2.75 bits per heavy atom. The first-order valence-electron chi connectivity index (χ1n) is 2.38. The summed E-state index contributed by atoms with van der Waals surface area (Å²) in [4.78, 5) is 0. The highest BCUT2D eigenvalue weighted by Crippen LogP contribution is 1.85. The highest BCUT2D eigenvalue weighted by Gasteiger charge is 1.93. The first kappa shape index (κ1) is 7.22. The van der Waals surface area contributed by atoms with Crippen LogP contribution in [0.15, 0.2) is 12.7 Å². The van der Waals surface area contributed by atoms with E-state index in [1.165, 1.54) is 0 Å². The molecule has 0 amide bonds. The maximum absolute atomic E-state index is 5.03. The maximum Gasteiger partial charge on any atom is 0.0849 e. The van der Waals surface area contributed by atoms with Crippen LogP contribution in [0.1, 0.15) is 6.42 Å². The molecule has 0 bridgehead atoms. The topological polar surface area (TPSA) is 38.0 Å². The minimum atomic E-state index is -0.0625. The summed E-state index contributed by atoms with van der Waals surface area (Å²) < 4.78 is 0. The van der Waals surface area contributed by atoms with Gasteiger partial charge in [-0.2, -0.15) is 0 Å². The van der Waals surface area contributed by atoms with Crippen molar-refractivity contribution in [3.63, 3.8) is 0 Å². The van der Waals surface area contributed by atoms with Crippen molar-refractivity contribution in [2.45, 2.75) is 12.5 Å². The van der Waals surface area contributed by atoms with E-state index >= 15 is 0 Å². The van der Waals surface area contributed by atoms with E-state index in [0.717, 1.165) is 0 Å². The van der Waals surface area contributed by atoms with E-state index in [9.17, 15) is 0 Å². The summed E-state index contributed by atoms with van der Waals surface area (Å²) >= 11 is 0. The van der Waals surface area contributed by atoms with Crippen molar-refractivity contribution in [2.24, 2.45) is 5.84 Å². The van der Waals surface area contributed by atoms with Crippen LogP contribution in [0.5, 0.6) is 0 Å². The molecule has 0 heterocycles. The molecular weight excluding hydrogens is 100 g/mol. The lowest BCUT2D eigenvalue weighted by Gasteiger charge is -2.02. The van der Waals surface area contributed by atoms with Gasteiger partial charge in [-0.05, 0) is 6.42 Å². The van der Waals surface area contributed by atoms with Gasteiger partial charge < -0.3 is 0 Å². The van der Waals surface area contributed by atoms with Crippen LogP contribution < -0.4 is 11.3 Å². The van der Waals surface area contributed by atoms with Gasteiger partial charge in [0.05, 0.1) is 6.04 Å². The Hall–Kier alpha value is -0.780. The molecule has 0 aromatic carbocycles. The molecule has 0 aliphatic heterocycles. The molecule has 0 fully saturated rings. The van der Waals surface area contributed by atoms with E-state index in [0.29, 0.717) is 6.42 Å². The van der Waals surface area contributed by atoms with Crippen molar-refractivity contribution >= 4 is 0 Å². The molecule has 0 aliphatic rings. The number of nitrogens with one attached hydrogen (secondary N) is 1. The van der Waals surface area contributed by atoms with Gasteiger partial charge in [0.25, 0.3) is 0 Å². The number of rotatable bonds is 3. The third-order valence-electron chi connectivity index (χ3n) is 0.805. The van der Waals surface area contributed by atoms with Crippen LogP contribution in [0.25, 0.3) is 0 Å². The zero-order chi connectivity index (χ0) is 6.41. The molecule has 1 unspecified atom stereocenters. The van der Waals surface area contributed by atoms with Crippen LogP contribution in [0.3, 0.4) is 0 Å². The largest absolute Gasteiger partial charge is 0.270 e. The lowest BCUT2D eigenvalue weighted by atomic mass is 10.2. The Balaban J connectivity index is 3.40. The number of hydrogen-bond acceptors (Lipinski definition) is 2. The van der Waals surface area contributed by atoms with E-state index in [1.54, 1.807) is 6.08 Å². The average Bonchev–Trinajstić information content (AvgIpc) is 1.83. The summed E-state index contributed by atoms with van der Waals surface area (Å²) in [5.41, 5.74) is 2.45. The molecule has 0 radical (unpaired) electrons. The average molecular weight is 110 g/mol. The standard InChI is InChI=1S/C6H10N2/c1-3-5-6(4-2)8-7/h2-3,6,8H,1,5,7H2. The summed E-state index contributed by atoms with van der Waals surface area (Å²) in [5, 5.41) is 0. The normalized spacial score (nSPS) is 12.0. The summed E-state index contributed by atoms with van der Waals surface area (Å²) in [5.74, 6) is 7.47. The Morgan fingerprint density at radius 1 is 2.00 bits per heavy atom. The molecule has 0 saturated carbocycles. The van der Waals surface area contributed by atoms with Gasteiger partial charge in [-0.25, -0.2) is 5.43 Å². The second kappa shape index (κ2) is 4.38. The number of hydrazine groups is 1. The zero-order valence-electron chi connectivity index (χ0n) is 4.72. The highest BCUT2D eigenvalue weighted by atomic mass is 15.2. The quantitative estimate of drug-likeness (QED) is 0.233. The van der Waals surface area contributed by atoms with Gasteiger partial charge in [-0.15, -0.1) is 13.0 Å². The minimum absolute atomic E-state index is 0.0625. The molecule has 0 aliphatic carbocycles. The van der Waals surface area contributed by atoms with E-state index in [1.807, 2.05) is 0 Å². The fourth-order valence-corrected chi connectivity index (χ4v) is 0.351. The lowest BCUT2D eigenvalue weighted by molar-refractivity contribution is 0.644. The molecule has 0 rings (SSSR count). The molecule has 0 saturated heterocycles. The van der Waals surface area contributed by atoms with Crippen molar-refractivity contribution in [2.75, 3.05) is 0 Å². The number of hydrogen-bond donors (Lipinski definition) is 2. The molecule has 1 atom stereocenters. The van der Waals surface area contributed by atoms with Crippen molar-refractivity contribution in [1.29, 1.82) is 0 Å². The molecular formula is C6H10N2. The van der Waals surface area contributed by atoms with Gasteiger partial charge in [-0.1, -0.05) is 12.0 Å². The molecule has 8 heavy (non-hydrogen) atoms. The van der Waals surface area contributed by atoms with Crippen LogP contribution in [0.2, 0.25) is 0 Å². The SMILES string of the molecule is C#CC(CC=C)NN. The smallest absolute Gasteiger partial charge is 0.0849 e. The predicted octanol–water partition coefficient (Wildman–Crippen LogP) is 0.0276. The van der Waals surface area contributed by atoms with E-state index in [2.05, 4.69) is 17.9 Å². The van der Waals surface area contributed by atoms with Crippen molar-refractivity contribution in [1.82, 2.24) is 5.43 Å². The second-order valence-electron chi connectivity index (χ2n) is 1.41. The Morgan fingerprint density at radius 2 is 2.62 bits per heavy atom. The monoisotopic (exact) mass is 110 g/mol. The molecule has 44 valence electrons. The molecule has 0 spiro atoms. The first-order valence-corrected chi connectivity index (χ1v) is 2.38. The summed E-state index contributed by atoms with van der Waals surface area (Å²) in [6.45, 7) is 3.51. The van der Waals surface area contributed by atoms with Gasteiger partial charge >= 0.3 is 0 Å². The third kappa shape index (κ3) is 2.40. The Bertz CT molecular complexity index is 102. The molecule has 3 N–H and O–H groups in total. The van der Waals surface area contributed by atoms with Crippen molar-refractivity contribution in [3.05, 3.63) is 12.7 Å². The van der Waals surface area contributed by atoms with Crippen LogP contribution in [0.4, 0.5) is 0 Å². The van der Waals surface area contributed by atoms with Gasteiger partial charge in [0.15, 0.2) is 0 Å². The van der Waals surface area contributed by atoms with Crippen LogP contribution in [-0.2, 0) is 0 Å². The Labute approximate surface area is 49.7 Å². The third-order valence-corrected chi connectivity index (χ3v) is 0.805. The summed E-state index contributed by atoms with van der Waals surface area (Å²) in [6, 6.07) is -0.0625. The van der Waals surface area contributed by atoms with E-state index in [4.69, 9.17) is 12.3 Å². The molecule has 0 aromatic rings. The highest BCUT2D eigenvalue weighted by molar-refractivity contribution is 5.00. The van der Waals surface area contributed by atoms with Crippen molar-refractivity contribution in [3.8, 4) is 12.3 Å². The zero-order valence-corrected chi connectivity index (χ0v) is 4.72. The minimum Gasteiger partial charge on any atom is -0.270 e. The molecule has 0 aromatic heterocycles. The number of nitrogens with two attached hydrogens (primary N) is 1. The van der Waals surface area contributed by atoms with E-state index in [-0.39, 0.29) is 6.04 Å². The van der Waals surface area contributed by atoms with Gasteiger partial charge in [0.1, 0.15) is 0 Å². The Kier molecular flexibility index (Phi) is 3.95. The van der Waals surface area contributed by atoms with Crippen LogP contribution in [0, 0.1) is 12.3 Å². The van der Waals surface area contributed by atoms with Crippen LogP contribution in [-0.4, -0.2) is 6.04 Å². The van der Waals surface area contributed by atoms with Crippen LogP contribution >= 0.6 is 0 Å². The summed E-state index contributed by atoms with van der Waals surface area (Å²) in [6.07, 6.45) is 7.47. The molecule has 2 nitrogen and oxygen atoms in total. The van der Waals surface area contributed by atoms with Gasteiger partial charge in [-0.3, -0.25) is 5.84 Å². The van der Waals surface area contributed by atoms with Crippen molar-refractivity contribution < 1.29 is 0 Å². The fraction of sp³-hybridized carbons (Fsp3) is 0.333.